The van der Waals surface area contributed by atoms with Crippen LogP contribution >= 0.6 is 23.2 Å². The predicted molar refractivity (Wildman–Crippen MR) is 148 cm³/mol. The van der Waals surface area contributed by atoms with Crippen molar-refractivity contribution in [1.29, 1.82) is 0 Å². The lowest BCUT2D eigenvalue weighted by Crippen LogP contribution is -2.49. The number of anilines is 2. The first kappa shape index (κ1) is 25.4. The van der Waals surface area contributed by atoms with Crippen molar-refractivity contribution in [1.82, 2.24) is 15.2 Å². The molecule has 192 valence electrons. The van der Waals surface area contributed by atoms with Crippen molar-refractivity contribution in [3.63, 3.8) is 0 Å². The Kier molecular flexibility index (Phi) is 7.82. The predicted octanol–water partition coefficient (Wildman–Crippen LogP) is 4.75. The molecule has 2 saturated heterocycles. The van der Waals surface area contributed by atoms with Crippen LogP contribution in [0.1, 0.15) is 33.6 Å². The number of nitrogens with one attached hydrogen (secondary N) is 1. The van der Waals surface area contributed by atoms with E-state index < -0.39 is 0 Å². The standard InChI is InChI=1S/C28H29Cl2N5O2/c29-23-9-8-20(19-24(23)30)27(36)32-21-10-13-33(14-11-21)25-6-2-1-5-22(25)28(37)35-17-15-34(16-18-35)26-7-3-4-12-31-26/h1-9,12,19,21H,10-11,13-18H2,(H,32,36). The summed E-state index contributed by atoms with van der Waals surface area (Å²) in [5, 5.41) is 3.90. The number of para-hydroxylation sites is 1. The average Bonchev–Trinajstić information content (AvgIpc) is 2.95. The van der Waals surface area contributed by atoms with Crippen LogP contribution in [0.5, 0.6) is 0 Å². The first-order valence-corrected chi connectivity index (χ1v) is 13.3. The number of hydrogen-bond donors (Lipinski definition) is 1. The lowest BCUT2D eigenvalue weighted by Gasteiger charge is -2.37. The molecule has 3 heterocycles. The number of carbonyl (C=O) groups is 2. The highest BCUT2D eigenvalue weighted by molar-refractivity contribution is 6.42. The minimum Gasteiger partial charge on any atom is -0.371 e. The molecular weight excluding hydrogens is 509 g/mol. The first-order valence-electron chi connectivity index (χ1n) is 12.5. The maximum Gasteiger partial charge on any atom is 0.256 e. The van der Waals surface area contributed by atoms with Gasteiger partial charge in [-0.25, -0.2) is 4.98 Å². The second kappa shape index (κ2) is 11.4. The number of pyridine rings is 1. The van der Waals surface area contributed by atoms with Gasteiger partial charge >= 0.3 is 0 Å². The molecule has 0 radical (unpaired) electrons. The van der Waals surface area contributed by atoms with E-state index in [2.05, 4.69) is 20.1 Å². The Labute approximate surface area is 227 Å². The van der Waals surface area contributed by atoms with Crippen molar-refractivity contribution in [2.45, 2.75) is 18.9 Å². The lowest BCUT2D eigenvalue weighted by atomic mass is 10.0. The molecule has 0 bridgehead atoms. The Morgan fingerprint density at radius 1 is 0.811 bits per heavy atom. The van der Waals surface area contributed by atoms with Crippen LogP contribution in [-0.2, 0) is 0 Å². The van der Waals surface area contributed by atoms with Crippen LogP contribution in [0.2, 0.25) is 10.0 Å². The van der Waals surface area contributed by atoms with Crippen LogP contribution in [0.4, 0.5) is 11.5 Å². The summed E-state index contributed by atoms with van der Waals surface area (Å²) in [6.45, 7) is 4.34. The van der Waals surface area contributed by atoms with E-state index in [1.165, 1.54) is 0 Å². The number of piperidine rings is 1. The van der Waals surface area contributed by atoms with Crippen molar-refractivity contribution < 1.29 is 9.59 Å². The molecule has 2 aliphatic heterocycles. The van der Waals surface area contributed by atoms with Crippen LogP contribution < -0.4 is 15.1 Å². The second-order valence-electron chi connectivity index (χ2n) is 9.35. The van der Waals surface area contributed by atoms with E-state index in [1.54, 1.807) is 24.4 Å². The Bertz CT molecular complexity index is 1260. The molecule has 0 spiro atoms. The third-order valence-corrected chi connectivity index (χ3v) is 7.77. The summed E-state index contributed by atoms with van der Waals surface area (Å²) in [7, 11) is 0. The lowest BCUT2D eigenvalue weighted by molar-refractivity contribution is 0.0747. The van der Waals surface area contributed by atoms with Crippen LogP contribution in [0.15, 0.2) is 66.9 Å². The molecule has 37 heavy (non-hydrogen) atoms. The van der Waals surface area contributed by atoms with Gasteiger partial charge in [-0.1, -0.05) is 41.4 Å². The van der Waals surface area contributed by atoms with Crippen molar-refractivity contribution in [3.8, 4) is 0 Å². The van der Waals surface area contributed by atoms with Gasteiger partial charge in [0.2, 0.25) is 0 Å². The largest absolute Gasteiger partial charge is 0.371 e. The number of nitrogens with zero attached hydrogens (tertiary/aromatic N) is 4. The van der Waals surface area contributed by atoms with E-state index in [9.17, 15) is 9.59 Å². The highest BCUT2D eigenvalue weighted by Crippen LogP contribution is 2.27. The van der Waals surface area contributed by atoms with Crippen LogP contribution in [0.3, 0.4) is 0 Å². The number of benzene rings is 2. The fourth-order valence-corrected chi connectivity index (χ4v) is 5.25. The Hall–Kier alpha value is -3.29. The zero-order chi connectivity index (χ0) is 25.8. The van der Waals surface area contributed by atoms with Crippen molar-refractivity contribution >= 4 is 46.5 Å². The minimum absolute atomic E-state index is 0.0562. The number of halogens is 2. The number of rotatable bonds is 5. The van der Waals surface area contributed by atoms with Crippen molar-refractivity contribution in [3.05, 3.63) is 88.0 Å². The van der Waals surface area contributed by atoms with Gasteiger partial charge < -0.3 is 20.0 Å². The van der Waals surface area contributed by atoms with E-state index in [-0.39, 0.29) is 17.9 Å². The minimum atomic E-state index is -0.155. The van der Waals surface area contributed by atoms with E-state index >= 15 is 0 Å². The number of amides is 2. The van der Waals surface area contributed by atoms with E-state index in [0.29, 0.717) is 28.7 Å². The molecule has 7 nitrogen and oxygen atoms in total. The maximum absolute atomic E-state index is 13.5. The zero-order valence-electron chi connectivity index (χ0n) is 20.4. The molecule has 2 aromatic carbocycles. The van der Waals surface area contributed by atoms with Crippen molar-refractivity contribution in [2.24, 2.45) is 0 Å². The Morgan fingerprint density at radius 2 is 1.54 bits per heavy atom. The molecule has 9 heteroatoms. The normalized spacial score (nSPS) is 16.5. The smallest absolute Gasteiger partial charge is 0.256 e. The molecule has 5 rings (SSSR count). The SMILES string of the molecule is O=C(NC1CCN(c2ccccc2C(=O)N2CCN(c3ccccn3)CC2)CC1)c1ccc(Cl)c(Cl)c1. The van der Waals surface area contributed by atoms with Gasteiger partial charge in [0.1, 0.15) is 5.82 Å². The highest BCUT2D eigenvalue weighted by atomic mass is 35.5. The Balaban J connectivity index is 1.18. The molecule has 0 saturated carbocycles. The summed E-state index contributed by atoms with van der Waals surface area (Å²) in [6, 6.07) is 18.7. The summed E-state index contributed by atoms with van der Waals surface area (Å²) in [6.07, 6.45) is 3.38. The van der Waals surface area contributed by atoms with Gasteiger partial charge in [0.25, 0.3) is 11.8 Å². The second-order valence-corrected chi connectivity index (χ2v) is 10.2. The van der Waals surface area contributed by atoms with Crippen LogP contribution in [-0.4, -0.2) is 67.0 Å². The summed E-state index contributed by atoms with van der Waals surface area (Å²) >= 11 is 12.0. The molecule has 2 fully saturated rings. The fraction of sp³-hybridized carbons (Fsp3) is 0.321. The molecular formula is C28H29Cl2N5O2. The molecule has 1 N–H and O–H groups in total. The van der Waals surface area contributed by atoms with Crippen LogP contribution in [0, 0.1) is 0 Å². The third kappa shape index (κ3) is 5.84. The summed E-state index contributed by atoms with van der Waals surface area (Å²) in [5.41, 5.74) is 2.18. The molecule has 0 atom stereocenters. The highest BCUT2D eigenvalue weighted by Gasteiger charge is 2.28. The zero-order valence-corrected chi connectivity index (χ0v) is 22.0. The van der Waals surface area contributed by atoms with Gasteiger partial charge in [0.15, 0.2) is 0 Å². The van der Waals surface area contributed by atoms with Crippen molar-refractivity contribution in [2.75, 3.05) is 49.1 Å². The van der Waals surface area contributed by atoms with E-state index in [4.69, 9.17) is 23.2 Å². The third-order valence-electron chi connectivity index (χ3n) is 7.03. The van der Waals surface area contributed by atoms with Gasteiger partial charge in [-0.2, -0.15) is 0 Å². The van der Waals surface area contributed by atoms with Gasteiger partial charge in [0, 0.05) is 62.8 Å². The van der Waals surface area contributed by atoms with Gasteiger partial charge in [-0.05, 0) is 55.3 Å². The number of piperazine rings is 1. The van der Waals surface area contributed by atoms with E-state index in [1.807, 2.05) is 47.4 Å². The number of aromatic nitrogens is 1. The first-order chi connectivity index (χ1) is 18.0. The van der Waals surface area contributed by atoms with Crippen LogP contribution in [0.25, 0.3) is 0 Å². The van der Waals surface area contributed by atoms with E-state index in [0.717, 1.165) is 56.1 Å². The quantitative estimate of drug-likeness (QED) is 0.508. The number of hydrogen-bond acceptors (Lipinski definition) is 5. The topological polar surface area (TPSA) is 68.8 Å². The number of carbonyl (C=O) groups excluding carboxylic acids is 2. The maximum atomic E-state index is 13.5. The monoisotopic (exact) mass is 537 g/mol. The Morgan fingerprint density at radius 3 is 2.24 bits per heavy atom. The molecule has 3 aromatic rings. The summed E-state index contributed by atoms with van der Waals surface area (Å²) < 4.78 is 0. The van der Waals surface area contributed by atoms with Gasteiger partial charge in [0.05, 0.1) is 15.6 Å². The molecule has 2 amide bonds. The average molecular weight is 538 g/mol. The summed E-state index contributed by atoms with van der Waals surface area (Å²) in [4.78, 5) is 37.0. The summed E-state index contributed by atoms with van der Waals surface area (Å²) in [5.74, 6) is 0.855. The molecule has 0 aliphatic carbocycles. The molecule has 1 aromatic heterocycles. The van der Waals surface area contributed by atoms with Gasteiger partial charge in [-0.15, -0.1) is 0 Å². The fourth-order valence-electron chi connectivity index (χ4n) is 4.95. The molecule has 2 aliphatic rings. The molecule has 0 unspecified atom stereocenters. The van der Waals surface area contributed by atoms with Gasteiger partial charge in [-0.3, -0.25) is 9.59 Å².